The SMILES string of the molecule is CC1CC(N(CC2CCNCC2)C2CC2)CC(C)O1. The van der Waals surface area contributed by atoms with E-state index in [1.165, 1.54) is 58.2 Å². The fourth-order valence-corrected chi connectivity index (χ4v) is 4.01. The second-order valence-corrected chi connectivity index (χ2v) is 7.00. The molecule has 3 aliphatic rings. The number of hydrogen-bond donors (Lipinski definition) is 1. The number of nitrogens with one attached hydrogen (secondary N) is 1. The summed E-state index contributed by atoms with van der Waals surface area (Å²) in [5, 5.41) is 3.49. The molecule has 1 N–H and O–H groups in total. The summed E-state index contributed by atoms with van der Waals surface area (Å²) in [5.74, 6) is 0.926. The smallest absolute Gasteiger partial charge is 0.0565 e. The molecule has 3 rings (SSSR count). The number of ether oxygens (including phenoxy) is 1. The number of rotatable bonds is 4. The lowest BCUT2D eigenvalue weighted by atomic mass is 9.93. The Hall–Kier alpha value is -0.120. The van der Waals surface area contributed by atoms with Gasteiger partial charge in [0.25, 0.3) is 0 Å². The van der Waals surface area contributed by atoms with E-state index in [1.807, 2.05) is 0 Å². The Morgan fingerprint density at radius 1 is 0.947 bits per heavy atom. The molecule has 0 aromatic carbocycles. The normalized spacial score (nSPS) is 37.7. The summed E-state index contributed by atoms with van der Waals surface area (Å²) in [6, 6.07) is 1.68. The van der Waals surface area contributed by atoms with Gasteiger partial charge in [-0.2, -0.15) is 0 Å². The zero-order valence-electron chi connectivity index (χ0n) is 12.6. The summed E-state index contributed by atoms with van der Waals surface area (Å²) < 4.78 is 5.92. The first-order valence-electron chi connectivity index (χ1n) is 8.34. The molecule has 2 heterocycles. The minimum absolute atomic E-state index is 0.447. The highest BCUT2D eigenvalue weighted by atomic mass is 16.5. The first-order valence-corrected chi connectivity index (χ1v) is 8.34. The fraction of sp³-hybridized carbons (Fsp3) is 1.00. The summed E-state index contributed by atoms with van der Waals surface area (Å²) in [5.41, 5.74) is 0. The van der Waals surface area contributed by atoms with Gasteiger partial charge in [-0.05, 0) is 71.4 Å². The second kappa shape index (κ2) is 6.11. The second-order valence-electron chi connectivity index (χ2n) is 7.00. The van der Waals surface area contributed by atoms with E-state index in [-0.39, 0.29) is 0 Å². The highest BCUT2D eigenvalue weighted by Gasteiger charge is 2.38. The van der Waals surface area contributed by atoms with Crippen LogP contribution in [-0.4, -0.2) is 48.8 Å². The standard InChI is InChI=1S/C16H30N2O/c1-12-9-16(10-13(2)19-12)18(15-3-4-15)11-14-5-7-17-8-6-14/h12-17H,3-11H2,1-2H3. The lowest BCUT2D eigenvalue weighted by Gasteiger charge is -2.41. The van der Waals surface area contributed by atoms with Crippen LogP contribution in [0.25, 0.3) is 0 Å². The molecule has 2 unspecified atom stereocenters. The molecule has 0 spiro atoms. The van der Waals surface area contributed by atoms with Crippen LogP contribution >= 0.6 is 0 Å². The van der Waals surface area contributed by atoms with Crippen molar-refractivity contribution in [3.05, 3.63) is 0 Å². The molecule has 1 aliphatic carbocycles. The summed E-state index contributed by atoms with van der Waals surface area (Å²) in [4.78, 5) is 2.87. The van der Waals surface area contributed by atoms with Gasteiger partial charge in [-0.25, -0.2) is 0 Å². The third-order valence-corrected chi connectivity index (χ3v) is 5.09. The zero-order valence-corrected chi connectivity index (χ0v) is 12.6. The summed E-state index contributed by atoms with van der Waals surface area (Å²) in [6.45, 7) is 8.29. The molecular weight excluding hydrogens is 236 g/mol. The van der Waals surface area contributed by atoms with Crippen molar-refractivity contribution in [1.82, 2.24) is 10.2 Å². The van der Waals surface area contributed by atoms with E-state index in [1.54, 1.807) is 0 Å². The van der Waals surface area contributed by atoms with Crippen molar-refractivity contribution in [3.8, 4) is 0 Å². The third kappa shape index (κ3) is 3.71. The van der Waals surface area contributed by atoms with Gasteiger partial charge in [-0.15, -0.1) is 0 Å². The van der Waals surface area contributed by atoms with E-state index < -0.39 is 0 Å². The maximum Gasteiger partial charge on any atom is 0.0565 e. The van der Waals surface area contributed by atoms with Crippen molar-refractivity contribution in [1.29, 1.82) is 0 Å². The van der Waals surface area contributed by atoms with Crippen molar-refractivity contribution in [2.24, 2.45) is 5.92 Å². The summed E-state index contributed by atoms with van der Waals surface area (Å²) >= 11 is 0. The van der Waals surface area contributed by atoms with Crippen molar-refractivity contribution >= 4 is 0 Å². The summed E-state index contributed by atoms with van der Waals surface area (Å²) in [6.07, 6.45) is 8.99. The van der Waals surface area contributed by atoms with Crippen molar-refractivity contribution in [2.45, 2.75) is 76.7 Å². The maximum absolute atomic E-state index is 5.92. The molecule has 0 bridgehead atoms. The molecule has 2 atom stereocenters. The van der Waals surface area contributed by atoms with Gasteiger partial charge >= 0.3 is 0 Å². The minimum atomic E-state index is 0.447. The molecule has 0 aromatic rings. The fourth-order valence-electron chi connectivity index (χ4n) is 4.01. The maximum atomic E-state index is 5.92. The minimum Gasteiger partial charge on any atom is -0.375 e. The van der Waals surface area contributed by atoms with Crippen LogP contribution in [0.15, 0.2) is 0 Å². The largest absolute Gasteiger partial charge is 0.375 e. The predicted molar refractivity (Wildman–Crippen MR) is 78.4 cm³/mol. The quantitative estimate of drug-likeness (QED) is 0.845. The first-order chi connectivity index (χ1) is 9.22. The van der Waals surface area contributed by atoms with E-state index in [9.17, 15) is 0 Å². The molecule has 2 saturated heterocycles. The van der Waals surface area contributed by atoms with Crippen LogP contribution in [0, 0.1) is 5.92 Å². The Balaban J connectivity index is 1.59. The van der Waals surface area contributed by atoms with Gasteiger partial charge in [-0.3, -0.25) is 4.90 Å². The van der Waals surface area contributed by atoms with Crippen LogP contribution in [-0.2, 0) is 4.74 Å². The first kappa shape index (κ1) is 13.8. The van der Waals surface area contributed by atoms with Gasteiger partial charge < -0.3 is 10.1 Å². The van der Waals surface area contributed by atoms with E-state index in [0.29, 0.717) is 12.2 Å². The highest BCUT2D eigenvalue weighted by molar-refractivity contribution is 4.93. The highest BCUT2D eigenvalue weighted by Crippen LogP contribution is 2.35. The van der Waals surface area contributed by atoms with Gasteiger partial charge in [0.15, 0.2) is 0 Å². The molecular formula is C16H30N2O. The van der Waals surface area contributed by atoms with Crippen LogP contribution in [0.2, 0.25) is 0 Å². The van der Waals surface area contributed by atoms with E-state index >= 15 is 0 Å². The molecule has 0 radical (unpaired) electrons. The van der Waals surface area contributed by atoms with Crippen molar-refractivity contribution in [2.75, 3.05) is 19.6 Å². The van der Waals surface area contributed by atoms with E-state index in [2.05, 4.69) is 24.1 Å². The van der Waals surface area contributed by atoms with Crippen LogP contribution in [0.3, 0.4) is 0 Å². The van der Waals surface area contributed by atoms with E-state index in [0.717, 1.165) is 18.0 Å². The predicted octanol–water partition coefficient (Wildman–Crippen LogP) is 2.41. The number of hydrogen-bond acceptors (Lipinski definition) is 3. The Morgan fingerprint density at radius 3 is 2.16 bits per heavy atom. The average Bonchev–Trinajstić information content (AvgIpc) is 3.20. The molecule has 0 aromatic heterocycles. The van der Waals surface area contributed by atoms with Crippen LogP contribution < -0.4 is 5.32 Å². The van der Waals surface area contributed by atoms with Crippen molar-refractivity contribution in [3.63, 3.8) is 0 Å². The van der Waals surface area contributed by atoms with Gasteiger partial charge in [0.05, 0.1) is 12.2 Å². The van der Waals surface area contributed by atoms with Gasteiger partial charge in [-0.1, -0.05) is 0 Å². The monoisotopic (exact) mass is 266 g/mol. The molecule has 2 aliphatic heterocycles. The van der Waals surface area contributed by atoms with Gasteiger partial charge in [0.2, 0.25) is 0 Å². The van der Waals surface area contributed by atoms with Crippen LogP contribution in [0.1, 0.15) is 52.4 Å². The Labute approximate surface area is 118 Å². The molecule has 3 heteroatoms. The summed E-state index contributed by atoms with van der Waals surface area (Å²) in [7, 11) is 0. The van der Waals surface area contributed by atoms with Crippen LogP contribution in [0.4, 0.5) is 0 Å². The number of nitrogens with zero attached hydrogens (tertiary/aromatic N) is 1. The Kier molecular flexibility index (Phi) is 4.45. The third-order valence-electron chi connectivity index (χ3n) is 5.09. The van der Waals surface area contributed by atoms with Gasteiger partial charge in [0.1, 0.15) is 0 Å². The topological polar surface area (TPSA) is 24.5 Å². The molecule has 19 heavy (non-hydrogen) atoms. The van der Waals surface area contributed by atoms with Crippen molar-refractivity contribution < 1.29 is 4.74 Å². The molecule has 0 amide bonds. The molecule has 3 fully saturated rings. The lowest BCUT2D eigenvalue weighted by molar-refractivity contribution is -0.0693. The Bertz CT molecular complexity index is 276. The Morgan fingerprint density at radius 2 is 1.58 bits per heavy atom. The lowest BCUT2D eigenvalue weighted by Crippen LogP contribution is -2.48. The van der Waals surface area contributed by atoms with Gasteiger partial charge in [0, 0.05) is 18.6 Å². The molecule has 110 valence electrons. The zero-order chi connectivity index (χ0) is 13.2. The molecule has 3 nitrogen and oxygen atoms in total. The average molecular weight is 266 g/mol. The number of piperidine rings is 1. The molecule has 1 saturated carbocycles. The van der Waals surface area contributed by atoms with Crippen LogP contribution in [0.5, 0.6) is 0 Å². The van der Waals surface area contributed by atoms with E-state index in [4.69, 9.17) is 4.74 Å².